The molecule has 0 spiro atoms. The zero-order valence-corrected chi connectivity index (χ0v) is 10.5. The minimum Gasteiger partial charge on any atom is -0.465 e. The summed E-state index contributed by atoms with van der Waals surface area (Å²) < 4.78 is 4.66. The van der Waals surface area contributed by atoms with E-state index in [0.29, 0.717) is 16.4 Å². The maximum Gasteiger partial charge on any atom is 0.339 e. The molecule has 0 radical (unpaired) electrons. The standard InChI is InChI=1S/C12H11N3O2S/c1-17-11(16)9-7-8(3-4-10(9)13)18-12-14-5-2-6-15-12/h2-7H,13H2,1H3. The van der Waals surface area contributed by atoms with Crippen molar-refractivity contribution in [2.45, 2.75) is 10.1 Å². The molecule has 2 N–H and O–H groups in total. The van der Waals surface area contributed by atoms with Gasteiger partial charge in [-0.25, -0.2) is 14.8 Å². The van der Waals surface area contributed by atoms with Gasteiger partial charge in [-0.3, -0.25) is 0 Å². The number of ether oxygens (including phenoxy) is 1. The van der Waals surface area contributed by atoms with Crippen molar-refractivity contribution in [1.82, 2.24) is 9.97 Å². The highest BCUT2D eigenvalue weighted by molar-refractivity contribution is 7.99. The number of nitrogen functional groups attached to an aromatic ring is 1. The SMILES string of the molecule is COC(=O)c1cc(Sc2ncccn2)ccc1N. The summed E-state index contributed by atoms with van der Waals surface area (Å²) >= 11 is 1.35. The fraction of sp³-hybridized carbons (Fsp3) is 0.0833. The van der Waals surface area contributed by atoms with Crippen molar-refractivity contribution in [3.05, 3.63) is 42.2 Å². The molecule has 0 bridgehead atoms. The molecule has 0 atom stereocenters. The molecular formula is C12H11N3O2S. The highest BCUT2D eigenvalue weighted by Gasteiger charge is 2.11. The molecule has 6 heteroatoms. The summed E-state index contributed by atoms with van der Waals surface area (Å²) in [5.41, 5.74) is 6.45. The van der Waals surface area contributed by atoms with Crippen molar-refractivity contribution in [3.8, 4) is 0 Å². The zero-order valence-electron chi connectivity index (χ0n) is 9.66. The summed E-state index contributed by atoms with van der Waals surface area (Å²) in [5, 5.41) is 0.609. The Hall–Kier alpha value is -2.08. The lowest BCUT2D eigenvalue weighted by molar-refractivity contribution is 0.0601. The van der Waals surface area contributed by atoms with E-state index in [4.69, 9.17) is 5.73 Å². The highest BCUT2D eigenvalue weighted by Crippen LogP contribution is 2.27. The number of benzene rings is 1. The number of hydrogen-bond donors (Lipinski definition) is 1. The summed E-state index contributed by atoms with van der Waals surface area (Å²) in [6, 6.07) is 6.88. The number of methoxy groups -OCH3 is 1. The molecule has 0 unspecified atom stereocenters. The number of anilines is 1. The van der Waals surface area contributed by atoms with Gasteiger partial charge < -0.3 is 10.5 Å². The molecule has 1 heterocycles. The lowest BCUT2D eigenvalue weighted by Gasteiger charge is -2.06. The number of rotatable bonds is 3. The average molecular weight is 261 g/mol. The summed E-state index contributed by atoms with van der Waals surface area (Å²) in [6.07, 6.45) is 3.32. The van der Waals surface area contributed by atoms with E-state index in [-0.39, 0.29) is 0 Å². The Bertz CT molecular complexity index is 561. The van der Waals surface area contributed by atoms with Gasteiger partial charge in [0.2, 0.25) is 0 Å². The molecule has 0 aliphatic carbocycles. The second kappa shape index (κ2) is 5.50. The zero-order chi connectivity index (χ0) is 13.0. The largest absolute Gasteiger partial charge is 0.465 e. The van der Waals surface area contributed by atoms with Crippen LogP contribution in [-0.4, -0.2) is 23.0 Å². The lowest BCUT2D eigenvalue weighted by Crippen LogP contribution is -2.05. The van der Waals surface area contributed by atoms with Gasteiger partial charge in [-0.05, 0) is 36.0 Å². The molecule has 92 valence electrons. The van der Waals surface area contributed by atoms with Crippen LogP contribution in [0.15, 0.2) is 46.7 Å². The van der Waals surface area contributed by atoms with Gasteiger partial charge in [0.25, 0.3) is 0 Å². The van der Waals surface area contributed by atoms with Crippen LogP contribution >= 0.6 is 11.8 Å². The molecule has 2 aromatic rings. The summed E-state index contributed by atoms with van der Waals surface area (Å²) in [7, 11) is 1.32. The number of aromatic nitrogens is 2. The van der Waals surface area contributed by atoms with E-state index in [9.17, 15) is 4.79 Å². The number of nitrogens with two attached hydrogens (primary N) is 1. The molecule has 0 saturated heterocycles. The van der Waals surface area contributed by atoms with Gasteiger partial charge in [-0.2, -0.15) is 0 Å². The predicted molar refractivity (Wildman–Crippen MR) is 68.3 cm³/mol. The molecule has 0 aliphatic heterocycles. The monoisotopic (exact) mass is 261 g/mol. The fourth-order valence-corrected chi connectivity index (χ4v) is 2.08. The van der Waals surface area contributed by atoms with Crippen LogP contribution in [0.25, 0.3) is 0 Å². The van der Waals surface area contributed by atoms with Gasteiger partial charge in [0.05, 0.1) is 12.7 Å². The Kier molecular flexibility index (Phi) is 3.78. The van der Waals surface area contributed by atoms with Crippen LogP contribution in [0.5, 0.6) is 0 Å². The maximum absolute atomic E-state index is 11.5. The third kappa shape index (κ3) is 2.78. The topological polar surface area (TPSA) is 78.1 Å². The summed E-state index contributed by atoms with van der Waals surface area (Å²) in [4.78, 5) is 20.5. The van der Waals surface area contributed by atoms with Crippen LogP contribution in [-0.2, 0) is 4.74 Å². The first-order valence-electron chi connectivity index (χ1n) is 5.13. The van der Waals surface area contributed by atoms with Gasteiger partial charge >= 0.3 is 5.97 Å². The third-order valence-corrected chi connectivity index (χ3v) is 3.06. The Morgan fingerprint density at radius 1 is 1.33 bits per heavy atom. The normalized spacial score (nSPS) is 10.1. The quantitative estimate of drug-likeness (QED) is 0.517. The number of esters is 1. The summed E-state index contributed by atoms with van der Waals surface area (Å²) in [5.74, 6) is -0.455. The third-order valence-electron chi connectivity index (χ3n) is 2.18. The van der Waals surface area contributed by atoms with Crippen LogP contribution in [0.1, 0.15) is 10.4 Å². The van der Waals surface area contributed by atoms with E-state index in [2.05, 4.69) is 14.7 Å². The van der Waals surface area contributed by atoms with Crippen LogP contribution in [0.2, 0.25) is 0 Å². The van der Waals surface area contributed by atoms with E-state index >= 15 is 0 Å². The molecule has 1 aromatic heterocycles. The van der Waals surface area contributed by atoms with Crippen LogP contribution < -0.4 is 5.73 Å². The Morgan fingerprint density at radius 2 is 2.06 bits per heavy atom. The number of carbonyl (C=O) groups excluding carboxylic acids is 1. The Balaban J connectivity index is 2.27. The van der Waals surface area contributed by atoms with Crippen molar-refractivity contribution >= 4 is 23.4 Å². The molecule has 5 nitrogen and oxygen atoms in total. The van der Waals surface area contributed by atoms with E-state index in [1.54, 1.807) is 30.6 Å². The number of nitrogens with zero attached hydrogens (tertiary/aromatic N) is 2. The minimum atomic E-state index is -0.455. The molecule has 18 heavy (non-hydrogen) atoms. The fourth-order valence-electron chi connectivity index (χ4n) is 1.33. The van der Waals surface area contributed by atoms with E-state index in [0.717, 1.165) is 4.90 Å². The average Bonchev–Trinajstić information content (AvgIpc) is 2.41. The molecule has 2 rings (SSSR count). The van der Waals surface area contributed by atoms with E-state index in [1.807, 2.05) is 6.07 Å². The molecule has 0 fully saturated rings. The Labute approximate surface area is 108 Å². The van der Waals surface area contributed by atoms with Crippen molar-refractivity contribution in [2.75, 3.05) is 12.8 Å². The predicted octanol–water partition coefficient (Wildman–Crippen LogP) is 2.00. The first-order chi connectivity index (χ1) is 8.70. The van der Waals surface area contributed by atoms with Crippen molar-refractivity contribution in [1.29, 1.82) is 0 Å². The second-order valence-electron chi connectivity index (χ2n) is 3.37. The van der Waals surface area contributed by atoms with E-state index in [1.165, 1.54) is 18.9 Å². The minimum absolute atomic E-state index is 0.346. The van der Waals surface area contributed by atoms with E-state index < -0.39 is 5.97 Å². The smallest absolute Gasteiger partial charge is 0.339 e. The van der Waals surface area contributed by atoms with Crippen LogP contribution in [0, 0.1) is 0 Å². The second-order valence-corrected chi connectivity index (χ2v) is 4.41. The maximum atomic E-state index is 11.5. The van der Waals surface area contributed by atoms with Gasteiger partial charge in [-0.15, -0.1) is 0 Å². The van der Waals surface area contributed by atoms with Crippen molar-refractivity contribution < 1.29 is 9.53 Å². The lowest BCUT2D eigenvalue weighted by atomic mass is 10.2. The Morgan fingerprint density at radius 3 is 2.72 bits per heavy atom. The molecule has 0 aliphatic rings. The van der Waals surface area contributed by atoms with Gasteiger partial charge in [0, 0.05) is 23.0 Å². The first-order valence-corrected chi connectivity index (χ1v) is 5.95. The van der Waals surface area contributed by atoms with Gasteiger partial charge in [-0.1, -0.05) is 0 Å². The van der Waals surface area contributed by atoms with Crippen LogP contribution in [0.4, 0.5) is 5.69 Å². The number of carbonyl (C=O) groups is 1. The van der Waals surface area contributed by atoms with Crippen molar-refractivity contribution in [2.24, 2.45) is 0 Å². The van der Waals surface area contributed by atoms with Gasteiger partial charge in [0.1, 0.15) is 0 Å². The van der Waals surface area contributed by atoms with Crippen molar-refractivity contribution in [3.63, 3.8) is 0 Å². The molecule has 0 saturated carbocycles. The molecule has 1 aromatic carbocycles. The summed E-state index contributed by atoms with van der Waals surface area (Å²) in [6.45, 7) is 0. The van der Waals surface area contributed by atoms with Crippen LogP contribution in [0.3, 0.4) is 0 Å². The van der Waals surface area contributed by atoms with Gasteiger partial charge in [0.15, 0.2) is 5.16 Å². The number of hydrogen-bond acceptors (Lipinski definition) is 6. The molecular weight excluding hydrogens is 250 g/mol. The highest BCUT2D eigenvalue weighted by atomic mass is 32.2. The first kappa shape index (κ1) is 12.4. The molecule has 0 amide bonds.